The molecule has 1 heterocycles. The highest BCUT2D eigenvalue weighted by atomic mass is 19.1. The number of aromatic nitrogens is 2. The Balaban J connectivity index is 1.71. The van der Waals surface area contributed by atoms with Gasteiger partial charge in [0.2, 0.25) is 5.95 Å². The van der Waals surface area contributed by atoms with Gasteiger partial charge in [-0.3, -0.25) is 0 Å². The number of nitrogens with zero attached hydrogens (tertiary/aromatic N) is 2. The molecular formula is C22H23FN4O4. The molecule has 8 nitrogen and oxygen atoms in total. The standard InChI is InChI=1S/C22H23FN4O4/c1-13(2)31-16-7-5-15(6-8-16)25-21-17(23)12-24-22(27-21)26-18-9-4-14(10-19(18)28)11-20(29)30-3/h4-9,11-13,28H,10H2,1-3H3,(H2,24,25,26,27). The lowest BCUT2D eigenvalue weighted by molar-refractivity contribution is -0.134. The second-order valence-electron chi connectivity index (χ2n) is 6.94. The summed E-state index contributed by atoms with van der Waals surface area (Å²) in [6.07, 6.45) is 5.73. The van der Waals surface area contributed by atoms with Crippen LogP contribution in [0.4, 0.5) is 21.8 Å². The molecule has 1 aromatic heterocycles. The van der Waals surface area contributed by atoms with Crippen LogP contribution in [0.15, 0.2) is 65.7 Å². The van der Waals surface area contributed by atoms with Crippen LogP contribution in [0.1, 0.15) is 20.3 Å². The number of hydrogen-bond acceptors (Lipinski definition) is 8. The summed E-state index contributed by atoms with van der Waals surface area (Å²) in [6.45, 7) is 3.86. The fraction of sp³-hybridized carbons (Fsp3) is 0.227. The average molecular weight is 426 g/mol. The fourth-order valence-electron chi connectivity index (χ4n) is 2.72. The fourth-order valence-corrected chi connectivity index (χ4v) is 2.72. The largest absolute Gasteiger partial charge is 0.510 e. The molecule has 0 saturated carbocycles. The van der Waals surface area contributed by atoms with Crippen molar-refractivity contribution in [3.63, 3.8) is 0 Å². The molecule has 0 amide bonds. The van der Waals surface area contributed by atoms with Crippen LogP contribution in [-0.2, 0) is 9.53 Å². The second kappa shape index (κ2) is 9.75. The highest BCUT2D eigenvalue weighted by molar-refractivity contribution is 5.83. The molecule has 0 radical (unpaired) electrons. The summed E-state index contributed by atoms with van der Waals surface area (Å²) in [6, 6.07) is 7.05. The van der Waals surface area contributed by atoms with Crippen LogP contribution in [-0.4, -0.2) is 34.3 Å². The Morgan fingerprint density at radius 3 is 2.61 bits per heavy atom. The van der Waals surface area contributed by atoms with Crippen molar-refractivity contribution < 1.29 is 23.8 Å². The Morgan fingerprint density at radius 2 is 1.97 bits per heavy atom. The first-order chi connectivity index (χ1) is 14.8. The van der Waals surface area contributed by atoms with E-state index < -0.39 is 11.8 Å². The molecule has 0 unspecified atom stereocenters. The van der Waals surface area contributed by atoms with Gasteiger partial charge in [-0.05, 0) is 49.8 Å². The van der Waals surface area contributed by atoms with E-state index in [1.165, 1.54) is 13.2 Å². The molecule has 2 aromatic rings. The van der Waals surface area contributed by atoms with Crippen LogP contribution in [0.5, 0.6) is 5.75 Å². The summed E-state index contributed by atoms with van der Waals surface area (Å²) >= 11 is 0. The number of carbonyl (C=O) groups excluding carboxylic acids is 1. The van der Waals surface area contributed by atoms with Crippen LogP contribution in [0.3, 0.4) is 0 Å². The van der Waals surface area contributed by atoms with E-state index in [-0.39, 0.29) is 30.1 Å². The quantitative estimate of drug-likeness (QED) is 0.442. The lowest BCUT2D eigenvalue weighted by atomic mass is 10.0. The van der Waals surface area contributed by atoms with E-state index in [1.807, 2.05) is 13.8 Å². The number of halogens is 1. The zero-order valence-electron chi connectivity index (χ0n) is 17.3. The van der Waals surface area contributed by atoms with E-state index in [0.29, 0.717) is 22.7 Å². The lowest BCUT2D eigenvalue weighted by Crippen LogP contribution is -2.10. The third-order valence-corrected chi connectivity index (χ3v) is 4.13. The first-order valence-corrected chi connectivity index (χ1v) is 9.56. The highest BCUT2D eigenvalue weighted by Crippen LogP contribution is 2.24. The van der Waals surface area contributed by atoms with Crippen LogP contribution >= 0.6 is 0 Å². The van der Waals surface area contributed by atoms with E-state index in [0.717, 1.165) is 6.20 Å². The van der Waals surface area contributed by atoms with Crippen molar-refractivity contribution in [3.8, 4) is 5.75 Å². The van der Waals surface area contributed by atoms with E-state index in [9.17, 15) is 14.3 Å². The number of allylic oxidation sites excluding steroid dienone is 3. The summed E-state index contributed by atoms with van der Waals surface area (Å²) in [5.41, 5.74) is 1.55. The van der Waals surface area contributed by atoms with Gasteiger partial charge >= 0.3 is 5.97 Å². The van der Waals surface area contributed by atoms with Crippen molar-refractivity contribution >= 4 is 23.4 Å². The molecule has 1 aliphatic carbocycles. The smallest absolute Gasteiger partial charge is 0.330 e. The van der Waals surface area contributed by atoms with Crippen LogP contribution < -0.4 is 15.4 Å². The monoisotopic (exact) mass is 426 g/mol. The average Bonchev–Trinajstić information content (AvgIpc) is 2.73. The summed E-state index contributed by atoms with van der Waals surface area (Å²) in [5, 5.41) is 16.0. The molecule has 0 spiro atoms. The van der Waals surface area contributed by atoms with Crippen molar-refractivity contribution in [1.82, 2.24) is 9.97 Å². The lowest BCUT2D eigenvalue weighted by Gasteiger charge is -2.15. The van der Waals surface area contributed by atoms with Crippen molar-refractivity contribution in [2.75, 3.05) is 17.7 Å². The molecule has 0 atom stereocenters. The SMILES string of the molecule is COC(=O)C=C1C=CC(Nc2ncc(F)c(Nc3ccc(OC(C)C)cc3)n2)=C(O)C1. The van der Waals surface area contributed by atoms with E-state index in [1.54, 1.807) is 36.4 Å². The normalized spacial score (nSPS) is 14.7. The molecule has 3 N–H and O–H groups in total. The molecule has 162 valence electrons. The van der Waals surface area contributed by atoms with Gasteiger partial charge in [0.05, 0.1) is 25.1 Å². The minimum atomic E-state index is -0.631. The summed E-state index contributed by atoms with van der Waals surface area (Å²) in [4.78, 5) is 19.4. The number of aliphatic hydroxyl groups excluding tert-OH is 1. The van der Waals surface area contributed by atoms with Crippen LogP contribution in [0.2, 0.25) is 0 Å². The summed E-state index contributed by atoms with van der Waals surface area (Å²) in [7, 11) is 1.28. The Labute approximate surface area is 179 Å². The van der Waals surface area contributed by atoms with E-state index in [4.69, 9.17) is 4.74 Å². The maximum absolute atomic E-state index is 14.2. The van der Waals surface area contributed by atoms with Crippen LogP contribution in [0, 0.1) is 5.82 Å². The Kier molecular flexibility index (Phi) is 6.86. The molecule has 1 aromatic carbocycles. The molecule has 31 heavy (non-hydrogen) atoms. The first kappa shape index (κ1) is 21.8. The van der Waals surface area contributed by atoms with E-state index >= 15 is 0 Å². The number of hydrogen-bond donors (Lipinski definition) is 3. The second-order valence-corrected chi connectivity index (χ2v) is 6.94. The summed E-state index contributed by atoms with van der Waals surface area (Å²) < 4.78 is 24.4. The minimum Gasteiger partial charge on any atom is -0.510 e. The topological polar surface area (TPSA) is 106 Å². The molecule has 0 saturated heterocycles. The Hall–Kier alpha value is -3.88. The molecule has 0 aliphatic heterocycles. The molecule has 0 fully saturated rings. The molecule has 9 heteroatoms. The zero-order chi connectivity index (χ0) is 22.4. The van der Waals surface area contributed by atoms with Gasteiger partial charge in [0.15, 0.2) is 11.6 Å². The molecule has 3 rings (SSSR count). The number of ether oxygens (including phenoxy) is 2. The Bertz CT molecular complexity index is 1050. The zero-order valence-corrected chi connectivity index (χ0v) is 17.3. The van der Waals surface area contributed by atoms with Gasteiger partial charge in [-0.15, -0.1) is 0 Å². The number of carbonyl (C=O) groups is 1. The maximum Gasteiger partial charge on any atom is 0.330 e. The van der Waals surface area contributed by atoms with Gasteiger partial charge in [0.1, 0.15) is 11.5 Å². The number of anilines is 3. The number of aliphatic hydroxyl groups is 1. The van der Waals surface area contributed by atoms with Gasteiger partial charge in [-0.25, -0.2) is 14.2 Å². The summed E-state index contributed by atoms with van der Waals surface area (Å²) in [5.74, 6) is -0.380. The number of nitrogens with one attached hydrogen (secondary N) is 2. The van der Waals surface area contributed by atoms with Gasteiger partial charge in [0.25, 0.3) is 0 Å². The van der Waals surface area contributed by atoms with Gasteiger partial charge < -0.3 is 25.2 Å². The van der Waals surface area contributed by atoms with E-state index in [2.05, 4.69) is 25.3 Å². The van der Waals surface area contributed by atoms with Crippen molar-refractivity contribution in [1.29, 1.82) is 0 Å². The Morgan fingerprint density at radius 1 is 1.23 bits per heavy atom. The van der Waals surface area contributed by atoms with Gasteiger partial charge in [0, 0.05) is 18.2 Å². The number of rotatable bonds is 7. The molecular weight excluding hydrogens is 403 g/mol. The van der Waals surface area contributed by atoms with Crippen molar-refractivity contribution in [3.05, 3.63) is 71.5 Å². The third-order valence-electron chi connectivity index (χ3n) is 4.13. The van der Waals surface area contributed by atoms with Gasteiger partial charge in [-0.2, -0.15) is 4.98 Å². The predicted octanol–water partition coefficient (Wildman–Crippen LogP) is 4.39. The van der Waals surface area contributed by atoms with Crippen molar-refractivity contribution in [2.24, 2.45) is 0 Å². The number of esters is 1. The predicted molar refractivity (Wildman–Crippen MR) is 115 cm³/mol. The van der Waals surface area contributed by atoms with Crippen LogP contribution in [0.25, 0.3) is 0 Å². The maximum atomic E-state index is 14.2. The number of methoxy groups -OCH3 is 1. The van der Waals surface area contributed by atoms with Gasteiger partial charge in [-0.1, -0.05) is 6.08 Å². The highest BCUT2D eigenvalue weighted by Gasteiger charge is 2.14. The molecule has 1 aliphatic rings. The molecule has 0 bridgehead atoms. The third kappa shape index (κ3) is 6.05. The number of benzene rings is 1. The minimum absolute atomic E-state index is 0.0131. The first-order valence-electron chi connectivity index (χ1n) is 9.56. The van der Waals surface area contributed by atoms with Crippen molar-refractivity contribution in [2.45, 2.75) is 26.4 Å².